The summed E-state index contributed by atoms with van der Waals surface area (Å²) in [6.45, 7) is 2.57. The Morgan fingerprint density at radius 2 is 1.72 bits per heavy atom. The Morgan fingerprint density at radius 3 is 2.40 bits per heavy atom. The van der Waals surface area contributed by atoms with Crippen LogP contribution in [0, 0.1) is 6.92 Å². The summed E-state index contributed by atoms with van der Waals surface area (Å²) in [5, 5.41) is 0. The molecule has 25 heavy (non-hydrogen) atoms. The summed E-state index contributed by atoms with van der Waals surface area (Å²) in [4.78, 5) is 0. The third-order valence-electron chi connectivity index (χ3n) is 4.09. The van der Waals surface area contributed by atoms with Crippen LogP contribution in [-0.4, -0.2) is 32.9 Å². The van der Waals surface area contributed by atoms with Gasteiger partial charge in [-0.05, 0) is 0 Å². The van der Waals surface area contributed by atoms with Crippen LogP contribution in [0.25, 0.3) is 11.1 Å². The zero-order chi connectivity index (χ0) is 17.8. The third kappa shape index (κ3) is 3.98. The van der Waals surface area contributed by atoms with Gasteiger partial charge in [0.25, 0.3) is 0 Å². The van der Waals surface area contributed by atoms with E-state index in [1.807, 2.05) is 42.5 Å². The quantitative estimate of drug-likeness (QED) is 0.409. The Labute approximate surface area is 164 Å². The summed E-state index contributed by atoms with van der Waals surface area (Å²) in [7, 11) is 1.67. The van der Waals surface area contributed by atoms with Crippen molar-refractivity contribution >= 4 is 34.6 Å². The monoisotopic (exact) mass is 526 g/mol. The zero-order valence-corrected chi connectivity index (χ0v) is 18.3. The predicted octanol–water partition coefficient (Wildman–Crippen LogP) is 3.63. The van der Waals surface area contributed by atoms with Gasteiger partial charge in [0, 0.05) is 0 Å². The first-order valence-electron chi connectivity index (χ1n) is 8.06. The van der Waals surface area contributed by atoms with Crippen molar-refractivity contribution in [3.8, 4) is 22.6 Å². The summed E-state index contributed by atoms with van der Waals surface area (Å²) >= 11 is 0.917. The number of aryl methyl sites for hydroxylation is 1. The average molecular weight is 526 g/mol. The molecule has 0 saturated carbocycles. The molecule has 2 N–H and O–H groups in total. The molecular weight excluding hydrogens is 505 g/mol. The molecule has 0 saturated heterocycles. The van der Waals surface area contributed by atoms with Gasteiger partial charge in [-0.1, -0.05) is 0 Å². The van der Waals surface area contributed by atoms with Crippen molar-refractivity contribution in [3.63, 3.8) is 0 Å². The third-order valence-corrected chi connectivity index (χ3v) is 5.71. The minimum atomic E-state index is 0.504. The van der Waals surface area contributed by atoms with Crippen LogP contribution in [-0.2, 0) is 6.61 Å². The van der Waals surface area contributed by atoms with E-state index in [1.54, 1.807) is 7.11 Å². The van der Waals surface area contributed by atoms with Gasteiger partial charge in [-0.2, -0.15) is 0 Å². The second kappa shape index (κ2) is 7.91. The molecule has 0 unspecified atom stereocenters. The SMILES string of the molecule is COc1cc(C)c(-c2c(N)ccc[c]2[Pb])c(OCc2ccccc2)c1. The van der Waals surface area contributed by atoms with E-state index in [-0.39, 0.29) is 0 Å². The Hall–Kier alpha value is -2.02. The van der Waals surface area contributed by atoms with Crippen molar-refractivity contribution in [1.29, 1.82) is 0 Å². The molecule has 3 aromatic carbocycles. The van der Waals surface area contributed by atoms with Crippen LogP contribution in [0.3, 0.4) is 0 Å². The summed E-state index contributed by atoms with van der Waals surface area (Å²) < 4.78 is 12.9. The number of hydrogen-bond acceptors (Lipinski definition) is 3. The van der Waals surface area contributed by atoms with Gasteiger partial charge in [0.15, 0.2) is 0 Å². The van der Waals surface area contributed by atoms with Crippen molar-refractivity contribution < 1.29 is 9.47 Å². The molecule has 3 aromatic rings. The molecule has 0 heterocycles. The average Bonchev–Trinajstić information content (AvgIpc) is 2.62. The van der Waals surface area contributed by atoms with Gasteiger partial charge in [0.05, 0.1) is 0 Å². The summed E-state index contributed by atoms with van der Waals surface area (Å²) in [6, 6.07) is 20.2. The fraction of sp³-hybridized carbons (Fsp3) is 0.143. The number of ether oxygens (including phenoxy) is 2. The van der Waals surface area contributed by atoms with E-state index >= 15 is 0 Å². The first-order chi connectivity index (χ1) is 12.1. The number of methoxy groups -OCH3 is 1. The molecule has 0 bridgehead atoms. The van der Waals surface area contributed by atoms with Crippen LogP contribution < -0.4 is 18.3 Å². The van der Waals surface area contributed by atoms with Gasteiger partial charge in [-0.15, -0.1) is 0 Å². The van der Waals surface area contributed by atoms with E-state index in [9.17, 15) is 0 Å². The van der Waals surface area contributed by atoms with E-state index in [1.165, 1.54) is 3.12 Å². The Balaban J connectivity index is 2.08. The minimum absolute atomic E-state index is 0.504. The van der Waals surface area contributed by atoms with Crippen molar-refractivity contribution in [1.82, 2.24) is 0 Å². The van der Waals surface area contributed by atoms with E-state index in [2.05, 4.69) is 25.1 Å². The van der Waals surface area contributed by atoms with Crippen LogP contribution >= 0.6 is 0 Å². The van der Waals surface area contributed by atoms with Gasteiger partial charge >= 0.3 is 165 Å². The molecule has 0 aliphatic carbocycles. The van der Waals surface area contributed by atoms with E-state index in [4.69, 9.17) is 15.2 Å². The molecule has 0 aliphatic rings. The van der Waals surface area contributed by atoms with Crippen LogP contribution in [0.5, 0.6) is 11.5 Å². The predicted molar refractivity (Wildman–Crippen MR) is 104 cm³/mol. The standard InChI is InChI=1S/C21H20NO2.Pb/c1-15-12-17(23-2)13-20(24-14-16-8-4-3-5-9-16)21(15)18-10-6-7-11-19(18)22;/h3-9,11-13H,14,22H2,1-2H3;. The van der Waals surface area contributed by atoms with Crippen LogP contribution in [0.4, 0.5) is 5.69 Å². The molecular formula is C21H20NO2Pb. The number of rotatable bonds is 5. The molecule has 125 valence electrons. The zero-order valence-electron chi connectivity index (χ0n) is 14.4. The molecule has 3 rings (SSSR count). The van der Waals surface area contributed by atoms with E-state index in [0.29, 0.717) is 6.61 Å². The molecule has 0 amide bonds. The number of nitrogens with two attached hydrogens (primary N) is 1. The Morgan fingerprint density at radius 1 is 0.960 bits per heavy atom. The topological polar surface area (TPSA) is 44.5 Å². The molecule has 3 radical (unpaired) electrons. The van der Waals surface area contributed by atoms with Gasteiger partial charge in [0.1, 0.15) is 0 Å². The number of nitrogen functional groups attached to an aromatic ring is 1. The molecule has 4 heteroatoms. The molecule has 0 atom stereocenters. The Bertz CT molecular complexity index is 858. The van der Waals surface area contributed by atoms with Crippen molar-refractivity contribution in [2.75, 3.05) is 12.8 Å². The first-order valence-corrected chi connectivity index (χ1v) is 10.0. The van der Waals surface area contributed by atoms with Crippen molar-refractivity contribution in [3.05, 3.63) is 71.8 Å². The maximum atomic E-state index is 6.30. The van der Waals surface area contributed by atoms with Gasteiger partial charge in [-0.3, -0.25) is 0 Å². The number of hydrogen-bond donors (Lipinski definition) is 1. The van der Waals surface area contributed by atoms with Gasteiger partial charge < -0.3 is 0 Å². The first kappa shape index (κ1) is 17.8. The second-order valence-corrected chi connectivity index (χ2v) is 7.96. The fourth-order valence-electron chi connectivity index (χ4n) is 2.86. The number of anilines is 1. The van der Waals surface area contributed by atoms with E-state index in [0.717, 1.165) is 65.2 Å². The normalized spacial score (nSPS) is 10.5. The molecule has 0 fully saturated rings. The number of benzene rings is 3. The van der Waals surface area contributed by atoms with Gasteiger partial charge in [0.2, 0.25) is 0 Å². The molecule has 0 aromatic heterocycles. The molecule has 0 aliphatic heterocycles. The maximum absolute atomic E-state index is 6.30. The summed E-state index contributed by atoms with van der Waals surface area (Å²) in [5.74, 6) is 1.59. The van der Waals surface area contributed by atoms with Crippen molar-refractivity contribution in [2.45, 2.75) is 13.5 Å². The van der Waals surface area contributed by atoms with Crippen LogP contribution in [0.2, 0.25) is 0 Å². The van der Waals surface area contributed by atoms with Gasteiger partial charge in [-0.25, -0.2) is 0 Å². The van der Waals surface area contributed by atoms with Crippen LogP contribution in [0.1, 0.15) is 11.1 Å². The van der Waals surface area contributed by atoms with Crippen molar-refractivity contribution in [2.24, 2.45) is 0 Å². The Kier molecular flexibility index (Phi) is 5.63. The second-order valence-electron chi connectivity index (χ2n) is 5.86. The van der Waals surface area contributed by atoms with Crippen LogP contribution in [0.15, 0.2) is 60.7 Å². The fourth-order valence-corrected chi connectivity index (χ4v) is 4.28. The summed E-state index contributed by atoms with van der Waals surface area (Å²) in [5.41, 5.74) is 11.4. The molecule has 0 spiro atoms. The molecule has 3 nitrogen and oxygen atoms in total. The summed E-state index contributed by atoms with van der Waals surface area (Å²) in [6.07, 6.45) is 0. The van der Waals surface area contributed by atoms with E-state index < -0.39 is 0 Å².